The normalized spacial score (nSPS) is 16.4. The molecule has 2 rings (SSSR count). The zero-order chi connectivity index (χ0) is 18.1. The van der Waals surface area contributed by atoms with Crippen LogP contribution < -0.4 is 10.6 Å². The second-order valence-corrected chi connectivity index (χ2v) is 8.30. The van der Waals surface area contributed by atoms with E-state index in [1.54, 1.807) is 7.11 Å². The summed E-state index contributed by atoms with van der Waals surface area (Å²) < 4.78 is 5.32. The van der Waals surface area contributed by atoms with Crippen LogP contribution in [0.5, 0.6) is 0 Å². The molecule has 1 aliphatic carbocycles. The third-order valence-corrected chi connectivity index (χ3v) is 6.33. The van der Waals surface area contributed by atoms with Crippen molar-refractivity contribution in [3.63, 3.8) is 0 Å². The number of nitrogens with one attached hydrogen (secondary N) is 2. The molecule has 1 aliphatic rings. The number of methoxy groups -OCH3 is 1. The van der Waals surface area contributed by atoms with E-state index in [2.05, 4.69) is 29.5 Å². The van der Waals surface area contributed by atoms with E-state index in [0.29, 0.717) is 5.41 Å². The average molecular weight is 494 g/mol. The van der Waals surface area contributed by atoms with E-state index in [4.69, 9.17) is 9.72 Å². The van der Waals surface area contributed by atoms with Gasteiger partial charge in [0.05, 0.1) is 10.7 Å². The van der Waals surface area contributed by atoms with Crippen LogP contribution in [0.3, 0.4) is 0 Å². The maximum Gasteiger partial charge on any atom is 0.191 e. The zero-order valence-electron chi connectivity index (χ0n) is 16.7. The van der Waals surface area contributed by atoms with E-state index in [1.807, 2.05) is 18.4 Å². The summed E-state index contributed by atoms with van der Waals surface area (Å²) in [5.41, 5.74) is 1.61. The molecule has 1 aromatic rings. The number of ether oxygens (including phenoxy) is 1. The van der Waals surface area contributed by atoms with E-state index in [9.17, 15) is 0 Å². The maximum atomic E-state index is 5.32. The Balaban J connectivity index is 0.00000338. The van der Waals surface area contributed by atoms with Crippen molar-refractivity contribution in [1.29, 1.82) is 0 Å². The summed E-state index contributed by atoms with van der Waals surface area (Å²) in [4.78, 5) is 10.4. The van der Waals surface area contributed by atoms with Crippen LogP contribution in [0.1, 0.15) is 54.6 Å². The van der Waals surface area contributed by atoms with Crippen LogP contribution in [-0.2, 0) is 17.6 Å². The molecule has 0 aromatic carbocycles. The number of thiazole rings is 1. The van der Waals surface area contributed by atoms with Crippen LogP contribution in [-0.4, -0.2) is 44.8 Å². The fraction of sp³-hybridized carbons (Fsp3) is 0.789. The van der Waals surface area contributed by atoms with Crippen LogP contribution in [0.2, 0.25) is 0 Å². The Labute approximate surface area is 179 Å². The monoisotopic (exact) mass is 494 g/mol. The molecule has 1 heterocycles. The summed E-state index contributed by atoms with van der Waals surface area (Å²) in [6, 6.07) is 0. The minimum absolute atomic E-state index is 0. The highest BCUT2D eigenvalue weighted by molar-refractivity contribution is 14.0. The fourth-order valence-corrected chi connectivity index (χ4v) is 4.68. The van der Waals surface area contributed by atoms with Gasteiger partial charge >= 0.3 is 0 Å². The Morgan fingerprint density at radius 3 is 2.62 bits per heavy atom. The Morgan fingerprint density at radius 1 is 1.31 bits per heavy atom. The van der Waals surface area contributed by atoms with Crippen molar-refractivity contribution in [2.75, 3.05) is 33.9 Å². The number of guanidine groups is 1. The Morgan fingerprint density at radius 2 is 2.04 bits per heavy atom. The van der Waals surface area contributed by atoms with Gasteiger partial charge in [-0.2, -0.15) is 0 Å². The van der Waals surface area contributed by atoms with Crippen LogP contribution in [0.15, 0.2) is 4.99 Å². The predicted molar refractivity (Wildman–Crippen MR) is 122 cm³/mol. The molecule has 1 fully saturated rings. The summed E-state index contributed by atoms with van der Waals surface area (Å²) in [7, 11) is 3.63. The van der Waals surface area contributed by atoms with Gasteiger partial charge in [0, 0.05) is 45.2 Å². The van der Waals surface area contributed by atoms with Crippen molar-refractivity contribution in [3.05, 3.63) is 15.6 Å². The molecule has 2 N–H and O–H groups in total. The molecule has 0 aliphatic heterocycles. The minimum atomic E-state index is 0. The van der Waals surface area contributed by atoms with Gasteiger partial charge in [-0.3, -0.25) is 4.99 Å². The van der Waals surface area contributed by atoms with Gasteiger partial charge in [-0.15, -0.1) is 35.3 Å². The number of aliphatic imine (C=N–C) groups is 1. The highest BCUT2D eigenvalue weighted by Crippen LogP contribution is 2.40. The second kappa shape index (κ2) is 12.1. The summed E-state index contributed by atoms with van der Waals surface area (Å²) in [6.45, 7) is 7.01. The lowest BCUT2D eigenvalue weighted by molar-refractivity contribution is 0.138. The molecular weight excluding hydrogens is 459 g/mol. The molecule has 0 atom stereocenters. The van der Waals surface area contributed by atoms with Crippen LogP contribution in [0.25, 0.3) is 0 Å². The van der Waals surface area contributed by atoms with Crippen LogP contribution >= 0.6 is 35.3 Å². The van der Waals surface area contributed by atoms with Crippen molar-refractivity contribution in [3.8, 4) is 0 Å². The highest BCUT2D eigenvalue weighted by Gasteiger charge is 2.33. The topological polar surface area (TPSA) is 58.5 Å². The Bertz CT molecular complexity index is 556. The molecule has 1 aromatic heterocycles. The lowest BCUT2D eigenvalue weighted by Gasteiger charge is -2.29. The van der Waals surface area contributed by atoms with Gasteiger partial charge in [0.15, 0.2) is 5.96 Å². The van der Waals surface area contributed by atoms with Crippen molar-refractivity contribution < 1.29 is 4.74 Å². The third kappa shape index (κ3) is 6.96. The van der Waals surface area contributed by atoms with Crippen LogP contribution in [0, 0.1) is 12.3 Å². The lowest BCUT2D eigenvalue weighted by atomic mass is 9.83. The Hall–Kier alpha value is -0.410. The number of hydrogen-bond acceptors (Lipinski definition) is 4. The van der Waals surface area contributed by atoms with E-state index in [0.717, 1.165) is 44.9 Å². The Kier molecular flexibility index (Phi) is 11.0. The number of hydrogen-bond donors (Lipinski definition) is 2. The maximum absolute atomic E-state index is 5.32. The van der Waals surface area contributed by atoms with Crippen molar-refractivity contribution in [2.24, 2.45) is 10.4 Å². The first-order valence-corrected chi connectivity index (χ1v) is 10.3. The molecule has 0 bridgehead atoms. The fourth-order valence-electron chi connectivity index (χ4n) is 3.66. The van der Waals surface area contributed by atoms with Crippen molar-refractivity contribution >= 4 is 41.3 Å². The molecule has 1 saturated carbocycles. The first-order chi connectivity index (χ1) is 12.1. The van der Waals surface area contributed by atoms with E-state index >= 15 is 0 Å². The van der Waals surface area contributed by atoms with Gasteiger partial charge in [0.2, 0.25) is 0 Å². The molecule has 7 heteroatoms. The van der Waals surface area contributed by atoms with E-state index < -0.39 is 0 Å². The highest BCUT2D eigenvalue weighted by atomic mass is 127. The molecule has 0 spiro atoms. The van der Waals surface area contributed by atoms with E-state index in [-0.39, 0.29) is 24.0 Å². The summed E-state index contributed by atoms with van der Waals surface area (Å²) in [6.07, 6.45) is 8.34. The SMILES string of the molecule is CCc1nc(CCNC(=NC)NCC2(CCOC)CCCC2)sc1C.I. The molecule has 0 amide bonds. The molecule has 150 valence electrons. The zero-order valence-corrected chi connectivity index (χ0v) is 19.8. The molecule has 0 saturated heterocycles. The van der Waals surface area contributed by atoms with Gasteiger partial charge in [-0.05, 0) is 38.0 Å². The molecule has 0 unspecified atom stereocenters. The number of nitrogens with zero attached hydrogens (tertiary/aromatic N) is 2. The van der Waals surface area contributed by atoms with Gasteiger partial charge in [-0.25, -0.2) is 4.98 Å². The van der Waals surface area contributed by atoms with E-state index in [1.165, 1.54) is 41.3 Å². The largest absolute Gasteiger partial charge is 0.385 e. The van der Waals surface area contributed by atoms with Gasteiger partial charge in [0.25, 0.3) is 0 Å². The number of halogens is 1. The average Bonchev–Trinajstić information content (AvgIpc) is 3.23. The molecule has 0 radical (unpaired) electrons. The first-order valence-electron chi connectivity index (χ1n) is 9.51. The summed E-state index contributed by atoms with van der Waals surface area (Å²) >= 11 is 1.82. The smallest absolute Gasteiger partial charge is 0.191 e. The lowest BCUT2D eigenvalue weighted by Crippen LogP contribution is -2.43. The van der Waals surface area contributed by atoms with Crippen molar-refractivity contribution in [2.45, 2.75) is 58.8 Å². The minimum Gasteiger partial charge on any atom is -0.385 e. The standard InChI is InChI=1S/C19H34N4OS.HI/c1-5-16-15(2)25-17(23-16)8-12-21-18(20-3)22-14-19(11-13-24-4)9-6-7-10-19;/h5-14H2,1-4H3,(H2,20,21,22);1H. The first kappa shape index (κ1) is 23.6. The van der Waals surface area contributed by atoms with Crippen LogP contribution in [0.4, 0.5) is 0 Å². The van der Waals surface area contributed by atoms with Gasteiger partial charge in [0.1, 0.15) is 0 Å². The number of aryl methyl sites for hydroxylation is 2. The summed E-state index contributed by atoms with van der Waals surface area (Å²) in [5.74, 6) is 0.896. The number of aromatic nitrogens is 1. The third-order valence-electron chi connectivity index (χ3n) is 5.26. The second-order valence-electron chi connectivity index (χ2n) is 7.02. The predicted octanol–water partition coefficient (Wildman–Crippen LogP) is 3.94. The quantitative estimate of drug-likeness (QED) is 0.310. The summed E-state index contributed by atoms with van der Waals surface area (Å²) in [5, 5.41) is 8.19. The molecule has 5 nitrogen and oxygen atoms in total. The molecule has 26 heavy (non-hydrogen) atoms. The van der Waals surface area contributed by atoms with Gasteiger partial charge < -0.3 is 15.4 Å². The van der Waals surface area contributed by atoms with Crippen molar-refractivity contribution in [1.82, 2.24) is 15.6 Å². The number of rotatable bonds is 9. The van der Waals surface area contributed by atoms with Gasteiger partial charge in [-0.1, -0.05) is 19.8 Å². The molecular formula is C19H35IN4OS.